The van der Waals surface area contributed by atoms with Gasteiger partial charge in [0.1, 0.15) is 0 Å². The molecule has 0 amide bonds. The Kier molecular flexibility index (Phi) is 6.79. The minimum Gasteiger partial charge on any atom is -0.203 e. The maximum Gasteiger partial charge on any atom is 0.167 e. The molecule has 0 unspecified atom stereocenters. The standard InChI is InChI=1S/C24H28F4/c1-3-4-16-6-8-17(9-7-16)10-11-18-12-14-20(24(28)22(18)26)19-13-5-15(2)21(25)23(19)27/h5,12-14,16-17H,3-4,6-11H2,1-2H3. The fraction of sp³-hybridized carbons (Fsp3) is 0.500. The lowest BCUT2D eigenvalue weighted by molar-refractivity contribution is 0.251. The van der Waals surface area contributed by atoms with E-state index in [1.165, 1.54) is 56.9 Å². The summed E-state index contributed by atoms with van der Waals surface area (Å²) in [6.07, 6.45) is 8.57. The molecule has 1 fully saturated rings. The molecule has 0 atom stereocenters. The van der Waals surface area contributed by atoms with Gasteiger partial charge in [-0.15, -0.1) is 0 Å². The van der Waals surface area contributed by atoms with Crippen molar-refractivity contribution in [3.8, 4) is 11.1 Å². The van der Waals surface area contributed by atoms with Gasteiger partial charge in [0, 0.05) is 11.1 Å². The molecular formula is C24H28F4. The highest BCUT2D eigenvalue weighted by molar-refractivity contribution is 5.66. The quantitative estimate of drug-likeness (QED) is 0.441. The highest BCUT2D eigenvalue weighted by atomic mass is 19.2. The van der Waals surface area contributed by atoms with Gasteiger partial charge >= 0.3 is 0 Å². The molecule has 0 N–H and O–H groups in total. The van der Waals surface area contributed by atoms with Gasteiger partial charge in [0.2, 0.25) is 0 Å². The zero-order valence-electron chi connectivity index (χ0n) is 16.6. The SMILES string of the molecule is CCCC1CCC(CCc2ccc(-c3ccc(C)c(F)c3F)c(F)c2F)CC1. The average molecular weight is 392 g/mol. The van der Waals surface area contributed by atoms with Crippen molar-refractivity contribution >= 4 is 0 Å². The molecule has 4 heteroatoms. The third kappa shape index (κ3) is 4.42. The summed E-state index contributed by atoms with van der Waals surface area (Å²) in [7, 11) is 0. The summed E-state index contributed by atoms with van der Waals surface area (Å²) in [6.45, 7) is 3.64. The van der Waals surface area contributed by atoms with Crippen LogP contribution in [0.25, 0.3) is 11.1 Å². The van der Waals surface area contributed by atoms with Crippen molar-refractivity contribution in [2.24, 2.45) is 11.8 Å². The third-order valence-electron chi connectivity index (χ3n) is 6.21. The first-order valence-electron chi connectivity index (χ1n) is 10.3. The van der Waals surface area contributed by atoms with E-state index in [-0.39, 0.29) is 16.7 Å². The molecule has 0 aromatic heterocycles. The van der Waals surface area contributed by atoms with Crippen LogP contribution in [0, 0.1) is 42.0 Å². The van der Waals surface area contributed by atoms with E-state index < -0.39 is 23.3 Å². The monoisotopic (exact) mass is 392 g/mol. The van der Waals surface area contributed by atoms with Gasteiger partial charge in [-0.2, -0.15) is 0 Å². The summed E-state index contributed by atoms with van der Waals surface area (Å²) in [6, 6.07) is 5.53. The molecule has 3 rings (SSSR count). The van der Waals surface area contributed by atoms with Crippen LogP contribution in [0.3, 0.4) is 0 Å². The lowest BCUT2D eigenvalue weighted by atomic mass is 9.78. The molecule has 0 bridgehead atoms. The fourth-order valence-corrected chi connectivity index (χ4v) is 4.42. The highest BCUT2D eigenvalue weighted by Crippen LogP contribution is 2.35. The molecule has 28 heavy (non-hydrogen) atoms. The predicted octanol–water partition coefficient (Wildman–Crippen LogP) is 7.76. The number of benzene rings is 2. The predicted molar refractivity (Wildman–Crippen MR) is 105 cm³/mol. The topological polar surface area (TPSA) is 0 Å². The van der Waals surface area contributed by atoms with Gasteiger partial charge in [-0.1, -0.05) is 69.7 Å². The van der Waals surface area contributed by atoms with Gasteiger partial charge in [-0.3, -0.25) is 0 Å². The Labute approximate surface area is 165 Å². The highest BCUT2D eigenvalue weighted by Gasteiger charge is 2.23. The van der Waals surface area contributed by atoms with Crippen LogP contribution in [0.15, 0.2) is 24.3 Å². The van der Waals surface area contributed by atoms with E-state index in [1.54, 1.807) is 0 Å². The summed E-state index contributed by atoms with van der Waals surface area (Å²) >= 11 is 0. The molecule has 1 aliphatic rings. The molecule has 0 aliphatic heterocycles. The van der Waals surface area contributed by atoms with E-state index in [0.29, 0.717) is 17.9 Å². The second kappa shape index (κ2) is 9.11. The second-order valence-corrected chi connectivity index (χ2v) is 8.17. The minimum absolute atomic E-state index is 0.132. The molecule has 0 spiro atoms. The molecule has 0 heterocycles. The summed E-state index contributed by atoms with van der Waals surface area (Å²) < 4.78 is 57.2. The first-order chi connectivity index (χ1) is 13.4. The third-order valence-corrected chi connectivity index (χ3v) is 6.21. The maximum atomic E-state index is 14.6. The van der Waals surface area contributed by atoms with Crippen LogP contribution in [0.2, 0.25) is 0 Å². The van der Waals surface area contributed by atoms with Crippen LogP contribution in [-0.4, -0.2) is 0 Å². The Hall–Kier alpha value is -1.84. The first-order valence-corrected chi connectivity index (χ1v) is 10.3. The number of hydrogen-bond acceptors (Lipinski definition) is 0. The van der Waals surface area contributed by atoms with Crippen molar-refractivity contribution in [3.05, 3.63) is 58.7 Å². The lowest BCUT2D eigenvalue weighted by Gasteiger charge is -2.28. The molecule has 0 saturated heterocycles. The lowest BCUT2D eigenvalue weighted by Crippen LogP contribution is -2.15. The smallest absolute Gasteiger partial charge is 0.167 e. The summed E-state index contributed by atoms with van der Waals surface area (Å²) in [4.78, 5) is 0. The van der Waals surface area contributed by atoms with Crippen LogP contribution < -0.4 is 0 Å². The average Bonchev–Trinajstić information content (AvgIpc) is 2.69. The van der Waals surface area contributed by atoms with Crippen LogP contribution in [-0.2, 0) is 6.42 Å². The molecule has 2 aromatic carbocycles. The number of hydrogen-bond donors (Lipinski definition) is 0. The zero-order chi connectivity index (χ0) is 20.3. The van der Waals surface area contributed by atoms with Gasteiger partial charge in [-0.25, -0.2) is 17.6 Å². The zero-order valence-corrected chi connectivity index (χ0v) is 16.6. The van der Waals surface area contributed by atoms with Crippen LogP contribution in [0.4, 0.5) is 17.6 Å². The van der Waals surface area contributed by atoms with Gasteiger partial charge < -0.3 is 0 Å². The van der Waals surface area contributed by atoms with Crippen LogP contribution in [0.5, 0.6) is 0 Å². The van der Waals surface area contributed by atoms with Gasteiger partial charge in [0.15, 0.2) is 23.3 Å². The van der Waals surface area contributed by atoms with Crippen molar-refractivity contribution in [2.45, 2.75) is 65.2 Å². The van der Waals surface area contributed by atoms with E-state index in [1.807, 2.05) is 0 Å². The Morgan fingerprint density at radius 1 is 0.714 bits per heavy atom. The number of rotatable bonds is 6. The fourth-order valence-electron chi connectivity index (χ4n) is 4.42. The Bertz CT molecular complexity index is 820. The second-order valence-electron chi connectivity index (χ2n) is 8.17. The first kappa shape index (κ1) is 20.9. The summed E-state index contributed by atoms with van der Waals surface area (Å²) in [5.74, 6) is -2.85. The Balaban J connectivity index is 1.70. The van der Waals surface area contributed by atoms with Crippen molar-refractivity contribution in [1.82, 2.24) is 0 Å². The molecule has 0 nitrogen and oxygen atoms in total. The van der Waals surface area contributed by atoms with Crippen molar-refractivity contribution in [1.29, 1.82) is 0 Å². The van der Waals surface area contributed by atoms with Crippen LogP contribution >= 0.6 is 0 Å². The summed E-state index contributed by atoms with van der Waals surface area (Å²) in [5.41, 5.74) is -0.0460. The molecule has 0 radical (unpaired) electrons. The van der Waals surface area contributed by atoms with E-state index >= 15 is 0 Å². The molecule has 1 saturated carbocycles. The number of aryl methyl sites for hydroxylation is 2. The van der Waals surface area contributed by atoms with E-state index in [9.17, 15) is 17.6 Å². The molecule has 2 aromatic rings. The van der Waals surface area contributed by atoms with E-state index in [2.05, 4.69) is 6.92 Å². The molecule has 152 valence electrons. The summed E-state index contributed by atoms with van der Waals surface area (Å²) in [5, 5.41) is 0. The van der Waals surface area contributed by atoms with Crippen molar-refractivity contribution in [3.63, 3.8) is 0 Å². The van der Waals surface area contributed by atoms with Gasteiger partial charge in [0.05, 0.1) is 0 Å². The van der Waals surface area contributed by atoms with Crippen molar-refractivity contribution < 1.29 is 17.6 Å². The molecular weight excluding hydrogens is 364 g/mol. The Morgan fingerprint density at radius 2 is 1.25 bits per heavy atom. The van der Waals surface area contributed by atoms with Crippen LogP contribution in [0.1, 0.15) is 63.0 Å². The van der Waals surface area contributed by atoms with E-state index in [4.69, 9.17) is 0 Å². The van der Waals surface area contributed by atoms with Gasteiger partial charge in [-0.05, 0) is 42.7 Å². The normalized spacial score (nSPS) is 19.8. The minimum atomic E-state index is -1.14. The van der Waals surface area contributed by atoms with Crippen molar-refractivity contribution in [2.75, 3.05) is 0 Å². The van der Waals surface area contributed by atoms with Gasteiger partial charge in [0.25, 0.3) is 0 Å². The Morgan fingerprint density at radius 3 is 1.86 bits per heavy atom. The largest absolute Gasteiger partial charge is 0.203 e. The molecule has 1 aliphatic carbocycles. The maximum absolute atomic E-state index is 14.6. The number of halogens is 4. The van der Waals surface area contributed by atoms with E-state index in [0.717, 1.165) is 25.2 Å².